The first kappa shape index (κ1) is 10.2. The molecule has 0 fully saturated rings. The molecule has 78 valence electrons. The van der Waals surface area contributed by atoms with E-state index in [1.165, 1.54) is 0 Å². The largest absolute Gasteiger partial charge is 0.254 e. The third-order valence-corrected chi connectivity index (χ3v) is 3.85. The molecule has 3 rings (SSSR count). The average Bonchev–Trinajstić information content (AvgIpc) is 2.33. The smallest absolute Gasteiger partial charge is 0.0976 e. The summed E-state index contributed by atoms with van der Waals surface area (Å²) in [6.45, 7) is 0. The van der Waals surface area contributed by atoms with E-state index in [0.29, 0.717) is 0 Å². The highest BCUT2D eigenvalue weighted by Crippen LogP contribution is 2.33. The quantitative estimate of drug-likeness (QED) is 0.571. The van der Waals surface area contributed by atoms with Gasteiger partial charge in [0.25, 0.3) is 0 Å². The van der Waals surface area contributed by atoms with Gasteiger partial charge in [-0.3, -0.25) is 9.97 Å². The van der Waals surface area contributed by atoms with Crippen LogP contribution in [0.2, 0.25) is 0 Å². The van der Waals surface area contributed by atoms with Gasteiger partial charge in [-0.25, -0.2) is 0 Å². The van der Waals surface area contributed by atoms with Crippen molar-refractivity contribution in [2.45, 2.75) is 0 Å². The molecule has 0 radical (unpaired) electrons. The van der Waals surface area contributed by atoms with E-state index in [2.05, 4.69) is 41.8 Å². The van der Waals surface area contributed by atoms with Gasteiger partial charge < -0.3 is 0 Å². The van der Waals surface area contributed by atoms with E-state index >= 15 is 0 Å². The highest BCUT2D eigenvalue weighted by Gasteiger charge is 2.08. The number of fused-ring (bicyclic) bond motifs is 3. The van der Waals surface area contributed by atoms with E-state index in [4.69, 9.17) is 0 Å². The number of halogens is 2. The van der Waals surface area contributed by atoms with E-state index in [1.54, 1.807) is 6.20 Å². The fourth-order valence-electron chi connectivity index (χ4n) is 1.76. The molecule has 0 N–H and O–H groups in total. The predicted molar refractivity (Wildman–Crippen MR) is 72.4 cm³/mol. The van der Waals surface area contributed by atoms with Crippen LogP contribution in [-0.2, 0) is 0 Å². The topological polar surface area (TPSA) is 25.8 Å². The summed E-state index contributed by atoms with van der Waals surface area (Å²) < 4.78 is 2.07. The van der Waals surface area contributed by atoms with E-state index in [-0.39, 0.29) is 0 Å². The minimum absolute atomic E-state index is 0.911. The van der Waals surface area contributed by atoms with Crippen LogP contribution in [0.25, 0.3) is 21.8 Å². The van der Waals surface area contributed by atoms with E-state index in [9.17, 15) is 0 Å². The first-order valence-corrected chi connectivity index (χ1v) is 6.33. The van der Waals surface area contributed by atoms with Gasteiger partial charge in [-0.2, -0.15) is 0 Å². The van der Waals surface area contributed by atoms with Gasteiger partial charge in [-0.05, 0) is 24.3 Å². The summed E-state index contributed by atoms with van der Waals surface area (Å²) in [5.74, 6) is 0. The molecule has 0 spiro atoms. The normalized spacial score (nSPS) is 11.1. The Morgan fingerprint density at radius 2 is 1.75 bits per heavy atom. The molecule has 2 nitrogen and oxygen atoms in total. The van der Waals surface area contributed by atoms with Crippen molar-refractivity contribution >= 4 is 53.7 Å². The van der Waals surface area contributed by atoms with Crippen LogP contribution in [-0.4, -0.2) is 9.97 Å². The van der Waals surface area contributed by atoms with E-state index < -0.39 is 0 Å². The Morgan fingerprint density at radius 3 is 2.62 bits per heavy atom. The van der Waals surface area contributed by atoms with Crippen molar-refractivity contribution in [3.8, 4) is 0 Å². The molecular weight excluding hydrogens is 332 g/mol. The highest BCUT2D eigenvalue weighted by molar-refractivity contribution is 9.11. The SMILES string of the molecule is Brc1ccc(Br)c2c1cnc1cccnc12. The maximum Gasteiger partial charge on any atom is 0.0976 e. The lowest BCUT2D eigenvalue weighted by molar-refractivity contribution is 1.36. The van der Waals surface area contributed by atoms with E-state index in [0.717, 1.165) is 30.8 Å². The summed E-state index contributed by atoms with van der Waals surface area (Å²) in [5.41, 5.74) is 1.84. The van der Waals surface area contributed by atoms with Crippen LogP contribution in [0.3, 0.4) is 0 Å². The molecule has 4 heteroatoms. The van der Waals surface area contributed by atoms with Gasteiger partial charge >= 0.3 is 0 Å². The van der Waals surface area contributed by atoms with E-state index in [1.807, 2.05) is 30.5 Å². The predicted octanol–water partition coefficient (Wildman–Crippen LogP) is 4.31. The second-order valence-corrected chi connectivity index (χ2v) is 5.16. The number of nitrogens with zero attached hydrogens (tertiary/aromatic N) is 2. The minimum Gasteiger partial charge on any atom is -0.254 e. The summed E-state index contributed by atoms with van der Waals surface area (Å²) in [4.78, 5) is 8.80. The number of benzene rings is 1. The molecule has 2 heterocycles. The van der Waals surface area contributed by atoms with Gasteiger partial charge in [0.15, 0.2) is 0 Å². The Hall–Kier alpha value is -1.00. The molecule has 0 aliphatic heterocycles. The Morgan fingerprint density at radius 1 is 0.938 bits per heavy atom. The van der Waals surface area contributed by atoms with Crippen LogP contribution in [0.4, 0.5) is 0 Å². The molecule has 0 atom stereocenters. The molecular formula is C12H6Br2N2. The van der Waals surface area contributed by atoms with Gasteiger partial charge in [0.1, 0.15) is 0 Å². The number of hydrogen-bond acceptors (Lipinski definition) is 2. The molecule has 0 aliphatic carbocycles. The lowest BCUT2D eigenvalue weighted by Crippen LogP contribution is -1.86. The molecule has 0 amide bonds. The molecule has 0 unspecified atom stereocenters. The summed E-state index contributed by atoms with van der Waals surface area (Å²) >= 11 is 7.09. The first-order valence-electron chi connectivity index (χ1n) is 4.75. The van der Waals surface area contributed by atoms with Crippen molar-refractivity contribution in [1.82, 2.24) is 9.97 Å². The Bertz CT molecular complexity index is 695. The summed E-state index contributed by atoms with van der Waals surface area (Å²) in [7, 11) is 0. The van der Waals surface area contributed by atoms with Crippen LogP contribution >= 0.6 is 31.9 Å². The van der Waals surface area contributed by atoms with Crippen molar-refractivity contribution in [2.75, 3.05) is 0 Å². The van der Waals surface area contributed by atoms with Crippen molar-refractivity contribution in [1.29, 1.82) is 0 Å². The molecule has 3 aromatic rings. The third kappa shape index (κ3) is 1.44. The first-order chi connectivity index (χ1) is 7.77. The van der Waals surface area contributed by atoms with Crippen molar-refractivity contribution in [2.24, 2.45) is 0 Å². The van der Waals surface area contributed by atoms with Gasteiger partial charge in [-0.15, -0.1) is 0 Å². The molecule has 0 aliphatic rings. The fraction of sp³-hybridized carbons (Fsp3) is 0. The summed E-state index contributed by atoms with van der Waals surface area (Å²) in [5, 5.41) is 2.17. The van der Waals surface area contributed by atoms with Gasteiger partial charge in [-0.1, -0.05) is 31.9 Å². The number of rotatable bonds is 0. The third-order valence-electron chi connectivity index (χ3n) is 2.50. The molecule has 0 saturated carbocycles. The average molecular weight is 338 g/mol. The summed E-state index contributed by atoms with van der Waals surface area (Å²) in [6.07, 6.45) is 3.66. The highest BCUT2D eigenvalue weighted by atomic mass is 79.9. The van der Waals surface area contributed by atoms with Crippen LogP contribution in [0.5, 0.6) is 0 Å². The zero-order chi connectivity index (χ0) is 11.1. The molecule has 0 bridgehead atoms. The minimum atomic E-state index is 0.911. The number of hydrogen-bond donors (Lipinski definition) is 0. The van der Waals surface area contributed by atoms with Gasteiger partial charge in [0, 0.05) is 32.1 Å². The maximum atomic E-state index is 4.40. The maximum absolute atomic E-state index is 4.40. The number of aromatic nitrogens is 2. The van der Waals surface area contributed by atoms with Crippen LogP contribution in [0.15, 0.2) is 45.6 Å². The molecule has 0 saturated heterocycles. The lowest BCUT2D eigenvalue weighted by Gasteiger charge is -2.05. The Labute approximate surface area is 109 Å². The molecule has 16 heavy (non-hydrogen) atoms. The number of pyridine rings is 2. The second-order valence-electron chi connectivity index (χ2n) is 3.45. The summed E-state index contributed by atoms with van der Waals surface area (Å²) in [6, 6.07) is 7.88. The molecule has 1 aromatic carbocycles. The Kier molecular flexibility index (Phi) is 2.41. The second kappa shape index (κ2) is 3.79. The van der Waals surface area contributed by atoms with Crippen molar-refractivity contribution in [3.63, 3.8) is 0 Å². The Balaban J connectivity index is 2.64. The van der Waals surface area contributed by atoms with Crippen LogP contribution in [0.1, 0.15) is 0 Å². The van der Waals surface area contributed by atoms with Crippen molar-refractivity contribution < 1.29 is 0 Å². The van der Waals surface area contributed by atoms with Crippen LogP contribution in [0, 0.1) is 0 Å². The fourth-order valence-corrected chi connectivity index (χ4v) is 2.73. The van der Waals surface area contributed by atoms with Crippen molar-refractivity contribution in [3.05, 3.63) is 45.6 Å². The van der Waals surface area contributed by atoms with Gasteiger partial charge in [0.2, 0.25) is 0 Å². The lowest BCUT2D eigenvalue weighted by atomic mass is 10.1. The zero-order valence-corrected chi connectivity index (χ0v) is 11.3. The van der Waals surface area contributed by atoms with Crippen LogP contribution < -0.4 is 0 Å². The standard InChI is InChI=1S/C12H6Br2N2/c13-8-3-4-9(14)11-7(8)6-16-10-2-1-5-15-12(10)11/h1-6H. The molecule has 2 aromatic heterocycles. The monoisotopic (exact) mass is 336 g/mol. The van der Waals surface area contributed by atoms with Gasteiger partial charge in [0.05, 0.1) is 11.0 Å². The zero-order valence-electron chi connectivity index (χ0n) is 8.11.